The SMILES string of the molecule is C/C=C\c1ccc2n(c1=O)C[C@H]1[C@H](CO)[C@@H](C(=O)NCCc3cn(C)cn3)[C@@H]2N1C(=O)C1CCC1. The number of rotatable bonds is 7. The van der Waals surface area contributed by atoms with E-state index in [4.69, 9.17) is 0 Å². The zero-order valence-electron chi connectivity index (χ0n) is 20.3. The fraction of sp³-hybridized carbons (Fsp3) is 0.538. The zero-order valence-corrected chi connectivity index (χ0v) is 20.3. The van der Waals surface area contributed by atoms with Crippen LogP contribution < -0.4 is 10.9 Å². The minimum absolute atomic E-state index is 0.0362. The van der Waals surface area contributed by atoms with Crippen LogP contribution in [0.25, 0.3) is 6.08 Å². The molecule has 2 aromatic rings. The average molecular weight is 480 g/mol. The van der Waals surface area contributed by atoms with E-state index in [0.717, 1.165) is 25.0 Å². The summed E-state index contributed by atoms with van der Waals surface area (Å²) in [5.74, 6) is -1.25. The number of amides is 2. The molecule has 2 aromatic heterocycles. The van der Waals surface area contributed by atoms with Crippen LogP contribution in [-0.2, 0) is 29.6 Å². The molecule has 9 heteroatoms. The van der Waals surface area contributed by atoms with Crippen molar-refractivity contribution in [2.45, 2.75) is 51.2 Å². The van der Waals surface area contributed by atoms with Crippen LogP contribution in [0.2, 0.25) is 0 Å². The van der Waals surface area contributed by atoms with E-state index in [1.165, 1.54) is 0 Å². The molecule has 4 heterocycles. The van der Waals surface area contributed by atoms with Gasteiger partial charge in [-0.1, -0.05) is 18.6 Å². The Balaban J connectivity index is 1.48. The highest BCUT2D eigenvalue weighted by molar-refractivity contribution is 5.85. The number of nitrogens with zero attached hydrogens (tertiary/aromatic N) is 4. The standard InChI is InChI=1S/C26H33N5O4/c1-3-5-16-8-9-20-23-22(24(33)27-11-10-18-12-29(2)15-28-18)19(14-32)21(13-30(20)25(16)34)31(23)26(35)17-6-4-7-17/h3,5,8-9,12,15,17,19,21-23,32H,4,6-7,10-11,13-14H2,1-2H3,(H,27,33)/b5-3-/t19-,21-,22+,23+/m0/s1. The third-order valence-corrected chi connectivity index (χ3v) is 7.87. The van der Waals surface area contributed by atoms with E-state index in [0.29, 0.717) is 24.2 Å². The Morgan fingerprint density at radius 3 is 2.71 bits per heavy atom. The number of aryl methyl sites for hydroxylation is 1. The maximum atomic E-state index is 13.6. The van der Waals surface area contributed by atoms with Gasteiger partial charge in [-0.2, -0.15) is 0 Å². The van der Waals surface area contributed by atoms with Gasteiger partial charge < -0.3 is 24.5 Å². The van der Waals surface area contributed by atoms with Gasteiger partial charge in [-0.25, -0.2) is 4.98 Å². The Kier molecular flexibility index (Phi) is 6.35. The summed E-state index contributed by atoms with van der Waals surface area (Å²) in [6, 6.07) is 2.67. The van der Waals surface area contributed by atoms with Crippen LogP contribution in [-0.4, -0.2) is 55.1 Å². The third kappa shape index (κ3) is 4.01. The van der Waals surface area contributed by atoms with E-state index in [1.54, 1.807) is 23.0 Å². The second kappa shape index (κ2) is 9.45. The van der Waals surface area contributed by atoms with E-state index in [1.807, 2.05) is 41.8 Å². The van der Waals surface area contributed by atoms with Crippen LogP contribution >= 0.6 is 0 Å². The number of nitrogens with one attached hydrogen (secondary N) is 1. The van der Waals surface area contributed by atoms with Gasteiger partial charge in [0, 0.05) is 62.5 Å². The molecular formula is C26H33N5O4. The molecule has 5 rings (SSSR count). The van der Waals surface area contributed by atoms with Crippen LogP contribution in [0.1, 0.15) is 49.2 Å². The molecule has 3 aliphatic rings. The lowest BCUT2D eigenvalue weighted by atomic mass is 9.83. The number of allylic oxidation sites excluding steroid dienone is 1. The van der Waals surface area contributed by atoms with Crippen molar-refractivity contribution in [1.82, 2.24) is 24.3 Å². The maximum Gasteiger partial charge on any atom is 0.258 e. The lowest BCUT2D eigenvalue weighted by Crippen LogP contribution is -2.51. The Bertz CT molecular complexity index is 1210. The normalized spacial score (nSPS) is 25.5. The van der Waals surface area contributed by atoms with Gasteiger partial charge in [0.25, 0.3) is 5.56 Å². The number of aliphatic hydroxyl groups is 1. The highest BCUT2D eigenvalue weighted by Gasteiger charge is 2.58. The number of imidazole rings is 1. The summed E-state index contributed by atoms with van der Waals surface area (Å²) in [7, 11) is 1.90. The molecule has 2 amide bonds. The molecule has 2 N–H and O–H groups in total. The first-order chi connectivity index (χ1) is 16.9. The van der Waals surface area contributed by atoms with Crippen molar-refractivity contribution in [2.24, 2.45) is 24.8 Å². The first kappa shape index (κ1) is 23.5. The molecule has 4 atom stereocenters. The lowest BCUT2D eigenvalue weighted by Gasteiger charge is -2.41. The van der Waals surface area contributed by atoms with Crippen LogP contribution in [0, 0.1) is 17.8 Å². The van der Waals surface area contributed by atoms with Crippen molar-refractivity contribution in [3.8, 4) is 0 Å². The van der Waals surface area contributed by atoms with Crippen LogP contribution in [0.4, 0.5) is 0 Å². The molecule has 1 saturated heterocycles. The van der Waals surface area contributed by atoms with Crippen molar-refractivity contribution in [3.05, 3.63) is 58.0 Å². The molecular weight excluding hydrogens is 446 g/mol. The predicted octanol–water partition coefficient (Wildman–Crippen LogP) is 1.26. The molecule has 35 heavy (non-hydrogen) atoms. The lowest BCUT2D eigenvalue weighted by molar-refractivity contribution is -0.143. The molecule has 9 nitrogen and oxygen atoms in total. The molecule has 0 aromatic carbocycles. The van der Waals surface area contributed by atoms with Gasteiger partial charge in [0.2, 0.25) is 11.8 Å². The van der Waals surface area contributed by atoms with Gasteiger partial charge in [-0.3, -0.25) is 14.4 Å². The van der Waals surface area contributed by atoms with Crippen molar-refractivity contribution in [2.75, 3.05) is 13.2 Å². The number of hydrogen-bond acceptors (Lipinski definition) is 5. The largest absolute Gasteiger partial charge is 0.396 e. The van der Waals surface area contributed by atoms with Crippen LogP contribution in [0.15, 0.2) is 35.5 Å². The van der Waals surface area contributed by atoms with Crippen LogP contribution in [0.3, 0.4) is 0 Å². The molecule has 0 unspecified atom stereocenters. The highest BCUT2D eigenvalue weighted by Crippen LogP contribution is 2.50. The number of pyridine rings is 1. The molecule has 0 radical (unpaired) electrons. The fourth-order valence-electron chi connectivity index (χ4n) is 5.93. The van der Waals surface area contributed by atoms with Gasteiger partial charge in [-0.05, 0) is 31.9 Å². The zero-order chi connectivity index (χ0) is 24.7. The van der Waals surface area contributed by atoms with E-state index in [-0.39, 0.29) is 36.4 Å². The third-order valence-electron chi connectivity index (χ3n) is 7.87. The topological polar surface area (TPSA) is 109 Å². The summed E-state index contributed by atoms with van der Waals surface area (Å²) in [5, 5.41) is 13.4. The van der Waals surface area contributed by atoms with Crippen molar-refractivity contribution < 1.29 is 14.7 Å². The Hall–Kier alpha value is -3.20. The highest BCUT2D eigenvalue weighted by atomic mass is 16.3. The minimum Gasteiger partial charge on any atom is -0.396 e. The van der Waals surface area contributed by atoms with Gasteiger partial charge in [0.1, 0.15) is 0 Å². The summed E-state index contributed by atoms with van der Waals surface area (Å²) in [4.78, 5) is 46.5. The molecule has 0 spiro atoms. The number of carbonyl (C=O) groups excluding carboxylic acids is 2. The summed E-state index contributed by atoms with van der Waals surface area (Å²) < 4.78 is 3.57. The van der Waals surface area contributed by atoms with Crippen LogP contribution in [0.5, 0.6) is 0 Å². The Labute approximate surface area is 204 Å². The number of aromatic nitrogens is 3. The second-order valence-electron chi connectivity index (χ2n) is 9.96. The average Bonchev–Trinajstić information content (AvgIpc) is 3.32. The molecule has 2 bridgehead atoms. The van der Waals surface area contributed by atoms with Gasteiger partial charge in [0.15, 0.2) is 0 Å². The monoisotopic (exact) mass is 479 g/mol. The first-order valence-corrected chi connectivity index (χ1v) is 12.5. The minimum atomic E-state index is -0.626. The molecule has 186 valence electrons. The Morgan fingerprint density at radius 2 is 2.09 bits per heavy atom. The van der Waals surface area contributed by atoms with E-state index < -0.39 is 23.9 Å². The van der Waals surface area contributed by atoms with E-state index in [2.05, 4.69) is 10.3 Å². The number of fused-ring (bicyclic) bond motifs is 4. The number of hydrogen-bond donors (Lipinski definition) is 2. The molecule has 1 saturated carbocycles. The fourth-order valence-corrected chi connectivity index (χ4v) is 5.93. The summed E-state index contributed by atoms with van der Waals surface area (Å²) >= 11 is 0. The maximum absolute atomic E-state index is 13.6. The Morgan fingerprint density at radius 1 is 1.29 bits per heavy atom. The number of carbonyl (C=O) groups is 2. The van der Waals surface area contributed by atoms with Crippen molar-refractivity contribution in [1.29, 1.82) is 0 Å². The van der Waals surface area contributed by atoms with Crippen molar-refractivity contribution >= 4 is 17.9 Å². The first-order valence-electron chi connectivity index (χ1n) is 12.5. The quantitative estimate of drug-likeness (QED) is 0.622. The molecule has 1 aliphatic carbocycles. The summed E-state index contributed by atoms with van der Waals surface area (Å²) in [6.45, 7) is 2.33. The smallest absolute Gasteiger partial charge is 0.258 e. The second-order valence-corrected chi connectivity index (χ2v) is 9.96. The van der Waals surface area contributed by atoms with Gasteiger partial charge in [-0.15, -0.1) is 0 Å². The summed E-state index contributed by atoms with van der Waals surface area (Å²) in [5.41, 5.74) is 2.01. The van der Waals surface area contributed by atoms with Crippen molar-refractivity contribution in [3.63, 3.8) is 0 Å². The predicted molar refractivity (Wildman–Crippen MR) is 130 cm³/mol. The number of aliphatic hydroxyl groups excluding tert-OH is 1. The summed E-state index contributed by atoms with van der Waals surface area (Å²) in [6.07, 6.45) is 10.6. The van der Waals surface area contributed by atoms with E-state index >= 15 is 0 Å². The van der Waals surface area contributed by atoms with Gasteiger partial charge >= 0.3 is 0 Å². The van der Waals surface area contributed by atoms with Gasteiger partial charge in [0.05, 0.1) is 30.0 Å². The molecule has 2 aliphatic heterocycles. The van der Waals surface area contributed by atoms with E-state index in [9.17, 15) is 19.5 Å². The molecule has 2 fully saturated rings.